The Labute approximate surface area is 209 Å². The van der Waals surface area contributed by atoms with E-state index in [4.69, 9.17) is 4.74 Å². The van der Waals surface area contributed by atoms with Crippen LogP contribution in [-0.2, 0) is 26.2 Å². The van der Waals surface area contributed by atoms with Gasteiger partial charge in [0.15, 0.2) is 0 Å². The molecule has 1 atom stereocenters. The van der Waals surface area contributed by atoms with Crippen molar-refractivity contribution in [2.24, 2.45) is 0 Å². The number of nitrogens with one attached hydrogen (secondary N) is 1. The highest BCUT2D eigenvalue weighted by Crippen LogP contribution is 2.25. The van der Waals surface area contributed by atoms with Gasteiger partial charge in [0.05, 0.1) is 19.1 Å². The van der Waals surface area contributed by atoms with Crippen molar-refractivity contribution in [2.75, 3.05) is 24.2 Å². The Morgan fingerprint density at radius 2 is 1.77 bits per heavy atom. The average Bonchev–Trinajstić information content (AvgIpc) is 2.76. The molecule has 0 aromatic heterocycles. The fourth-order valence-corrected chi connectivity index (χ4v) is 4.85. The Bertz CT molecular complexity index is 1150. The molecule has 0 saturated carbocycles. The van der Waals surface area contributed by atoms with Crippen molar-refractivity contribution in [3.05, 3.63) is 59.2 Å². The number of anilines is 1. The standard InChI is InChI=1S/C26H37N3O5S/c1-8-23(26(31)27-18(2)3)28(16-21-10-9-11-22(15-21)34-6)25(30)17-29(35(7,32)33)24-13-12-19(4)14-20(24)5/h9-15,18,23H,8,16-17H2,1-7H3,(H,27,31). The summed E-state index contributed by atoms with van der Waals surface area (Å²) < 4.78 is 31.9. The van der Waals surface area contributed by atoms with Gasteiger partial charge in [0, 0.05) is 12.6 Å². The van der Waals surface area contributed by atoms with Crippen LogP contribution in [0.4, 0.5) is 5.69 Å². The number of carbonyl (C=O) groups excluding carboxylic acids is 2. The molecule has 0 aliphatic rings. The van der Waals surface area contributed by atoms with E-state index < -0.39 is 28.5 Å². The van der Waals surface area contributed by atoms with Gasteiger partial charge < -0.3 is 15.0 Å². The van der Waals surface area contributed by atoms with Gasteiger partial charge in [-0.05, 0) is 63.4 Å². The maximum atomic E-state index is 13.7. The normalized spacial score (nSPS) is 12.2. The van der Waals surface area contributed by atoms with Crippen molar-refractivity contribution in [3.8, 4) is 5.75 Å². The lowest BCUT2D eigenvalue weighted by atomic mass is 10.1. The van der Waals surface area contributed by atoms with Gasteiger partial charge in [-0.2, -0.15) is 0 Å². The van der Waals surface area contributed by atoms with Crippen LogP contribution in [0.5, 0.6) is 5.75 Å². The molecular formula is C26H37N3O5S. The third kappa shape index (κ3) is 7.71. The second-order valence-electron chi connectivity index (χ2n) is 9.02. The zero-order chi connectivity index (χ0) is 26.3. The van der Waals surface area contributed by atoms with Crippen molar-refractivity contribution < 1.29 is 22.7 Å². The van der Waals surface area contributed by atoms with Crippen LogP contribution >= 0.6 is 0 Å². The fraction of sp³-hybridized carbons (Fsp3) is 0.462. The summed E-state index contributed by atoms with van der Waals surface area (Å²) in [5.41, 5.74) is 2.94. The molecule has 0 spiro atoms. The van der Waals surface area contributed by atoms with Crippen LogP contribution < -0.4 is 14.4 Å². The van der Waals surface area contributed by atoms with E-state index in [1.165, 1.54) is 4.90 Å². The number of sulfonamides is 1. The van der Waals surface area contributed by atoms with Crippen molar-refractivity contribution in [1.82, 2.24) is 10.2 Å². The van der Waals surface area contributed by atoms with Crippen LogP contribution in [0, 0.1) is 13.8 Å². The number of aryl methyl sites for hydroxylation is 2. The number of carbonyl (C=O) groups is 2. The molecule has 2 aromatic carbocycles. The van der Waals surface area contributed by atoms with Crippen LogP contribution in [0.1, 0.15) is 43.9 Å². The monoisotopic (exact) mass is 503 g/mol. The summed E-state index contributed by atoms with van der Waals surface area (Å²) in [6.07, 6.45) is 1.45. The molecular weight excluding hydrogens is 466 g/mol. The Kier molecular flexibility index (Phi) is 9.71. The molecule has 192 valence electrons. The third-order valence-electron chi connectivity index (χ3n) is 5.60. The van der Waals surface area contributed by atoms with Crippen LogP contribution in [-0.4, -0.2) is 57.1 Å². The van der Waals surface area contributed by atoms with E-state index >= 15 is 0 Å². The minimum Gasteiger partial charge on any atom is -0.497 e. The predicted molar refractivity (Wildman–Crippen MR) is 139 cm³/mol. The number of nitrogens with zero attached hydrogens (tertiary/aromatic N) is 2. The SMILES string of the molecule is CCC(C(=O)NC(C)C)N(Cc1cccc(OC)c1)C(=O)CN(c1ccc(C)cc1C)S(C)(=O)=O. The van der Waals surface area contributed by atoms with Gasteiger partial charge in [-0.15, -0.1) is 0 Å². The molecule has 0 heterocycles. The predicted octanol–water partition coefficient (Wildman–Crippen LogP) is 3.41. The lowest BCUT2D eigenvalue weighted by molar-refractivity contribution is -0.140. The second-order valence-corrected chi connectivity index (χ2v) is 10.9. The molecule has 9 heteroatoms. The van der Waals surface area contributed by atoms with E-state index in [9.17, 15) is 18.0 Å². The van der Waals surface area contributed by atoms with Crippen LogP contribution in [0.25, 0.3) is 0 Å². The van der Waals surface area contributed by atoms with Crippen LogP contribution in [0.2, 0.25) is 0 Å². The third-order valence-corrected chi connectivity index (χ3v) is 6.73. The first kappa shape index (κ1) is 28.2. The molecule has 0 aliphatic carbocycles. The number of benzene rings is 2. The summed E-state index contributed by atoms with van der Waals surface area (Å²) in [6, 6.07) is 11.8. The summed E-state index contributed by atoms with van der Waals surface area (Å²) in [5, 5.41) is 2.88. The molecule has 2 rings (SSSR count). The summed E-state index contributed by atoms with van der Waals surface area (Å²) in [7, 11) is -2.22. The Morgan fingerprint density at radius 1 is 1.09 bits per heavy atom. The molecule has 35 heavy (non-hydrogen) atoms. The topological polar surface area (TPSA) is 96.0 Å². The molecule has 2 aromatic rings. The summed E-state index contributed by atoms with van der Waals surface area (Å²) in [4.78, 5) is 28.2. The zero-order valence-corrected chi connectivity index (χ0v) is 22.5. The average molecular weight is 504 g/mol. The number of ether oxygens (including phenoxy) is 1. The maximum Gasteiger partial charge on any atom is 0.244 e. The summed E-state index contributed by atoms with van der Waals surface area (Å²) >= 11 is 0. The first-order chi connectivity index (χ1) is 16.4. The molecule has 0 saturated heterocycles. The molecule has 0 fully saturated rings. The fourth-order valence-electron chi connectivity index (χ4n) is 3.95. The van der Waals surface area contributed by atoms with Gasteiger partial charge in [0.2, 0.25) is 21.8 Å². The molecule has 0 radical (unpaired) electrons. The molecule has 2 amide bonds. The van der Waals surface area contributed by atoms with Crippen LogP contribution in [0.15, 0.2) is 42.5 Å². The Balaban J connectivity index is 2.49. The lowest BCUT2D eigenvalue weighted by Gasteiger charge is -2.33. The Hall–Kier alpha value is -3.07. The number of rotatable bonds is 11. The minimum absolute atomic E-state index is 0.104. The van der Waals surface area contributed by atoms with Gasteiger partial charge in [-0.1, -0.05) is 36.8 Å². The number of hydrogen-bond acceptors (Lipinski definition) is 5. The quantitative estimate of drug-likeness (QED) is 0.507. The number of hydrogen-bond donors (Lipinski definition) is 1. The van der Waals surface area contributed by atoms with E-state index in [-0.39, 0.29) is 18.5 Å². The highest BCUT2D eigenvalue weighted by molar-refractivity contribution is 7.92. The number of amides is 2. The molecule has 1 unspecified atom stereocenters. The van der Waals surface area contributed by atoms with Crippen molar-refractivity contribution in [2.45, 2.75) is 59.7 Å². The maximum absolute atomic E-state index is 13.7. The van der Waals surface area contributed by atoms with Gasteiger partial charge in [-0.3, -0.25) is 13.9 Å². The van der Waals surface area contributed by atoms with Gasteiger partial charge in [0.1, 0.15) is 18.3 Å². The molecule has 1 N–H and O–H groups in total. The van der Waals surface area contributed by atoms with Gasteiger partial charge >= 0.3 is 0 Å². The summed E-state index contributed by atoms with van der Waals surface area (Å²) in [6.45, 7) is 8.97. The summed E-state index contributed by atoms with van der Waals surface area (Å²) in [5.74, 6) is -0.122. The van der Waals surface area contributed by atoms with E-state index in [2.05, 4.69) is 5.32 Å². The van der Waals surface area contributed by atoms with Crippen molar-refractivity contribution in [1.29, 1.82) is 0 Å². The Morgan fingerprint density at radius 3 is 2.31 bits per heavy atom. The van der Waals surface area contributed by atoms with Crippen molar-refractivity contribution in [3.63, 3.8) is 0 Å². The second kappa shape index (κ2) is 12.1. The number of methoxy groups -OCH3 is 1. The van der Waals surface area contributed by atoms with E-state index in [0.29, 0.717) is 17.9 Å². The highest BCUT2D eigenvalue weighted by atomic mass is 32.2. The smallest absolute Gasteiger partial charge is 0.244 e. The largest absolute Gasteiger partial charge is 0.497 e. The van der Waals surface area contributed by atoms with Crippen LogP contribution in [0.3, 0.4) is 0 Å². The highest BCUT2D eigenvalue weighted by Gasteiger charge is 2.32. The molecule has 8 nitrogen and oxygen atoms in total. The van der Waals surface area contributed by atoms with E-state index in [0.717, 1.165) is 27.3 Å². The molecule has 0 aliphatic heterocycles. The van der Waals surface area contributed by atoms with Gasteiger partial charge in [-0.25, -0.2) is 8.42 Å². The van der Waals surface area contributed by atoms with Crippen molar-refractivity contribution >= 4 is 27.5 Å². The molecule has 0 bridgehead atoms. The first-order valence-corrected chi connectivity index (χ1v) is 13.5. The minimum atomic E-state index is -3.77. The van der Waals surface area contributed by atoms with Gasteiger partial charge in [0.25, 0.3) is 0 Å². The van der Waals surface area contributed by atoms with E-state index in [1.54, 1.807) is 25.3 Å². The lowest BCUT2D eigenvalue weighted by Crippen LogP contribution is -2.53. The first-order valence-electron chi connectivity index (χ1n) is 11.6. The zero-order valence-electron chi connectivity index (χ0n) is 21.7. The van der Waals surface area contributed by atoms with E-state index in [1.807, 2.05) is 58.9 Å².